The largest absolute Gasteiger partial charge is 0.349 e. The fourth-order valence-electron chi connectivity index (χ4n) is 1.87. The van der Waals surface area contributed by atoms with Crippen LogP contribution in [-0.2, 0) is 9.59 Å². The first kappa shape index (κ1) is 12.6. The Balaban J connectivity index is 2.48. The number of hydrogen-bond donors (Lipinski definition) is 1. The third kappa shape index (κ3) is 2.09. The van der Waals surface area contributed by atoms with E-state index >= 15 is 0 Å². The molecule has 18 heavy (non-hydrogen) atoms. The van der Waals surface area contributed by atoms with E-state index < -0.39 is 6.04 Å². The second-order valence-electron chi connectivity index (χ2n) is 3.96. The van der Waals surface area contributed by atoms with Crippen molar-refractivity contribution in [2.75, 3.05) is 11.4 Å². The molecule has 0 bridgehead atoms. The highest BCUT2D eigenvalue weighted by molar-refractivity contribution is 9.10. The van der Waals surface area contributed by atoms with Crippen molar-refractivity contribution in [3.63, 3.8) is 0 Å². The summed E-state index contributed by atoms with van der Waals surface area (Å²) in [7, 11) is 0. The van der Waals surface area contributed by atoms with Crippen LogP contribution in [0.3, 0.4) is 0 Å². The van der Waals surface area contributed by atoms with Crippen molar-refractivity contribution in [3.05, 3.63) is 28.2 Å². The summed E-state index contributed by atoms with van der Waals surface area (Å²) in [5, 5.41) is 11.4. The van der Waals surface area contributed by atoms with Crippen LogP contribution in [0.15, 0.2) is 22.7 Å². The number of hydrogen-bond acceptors (Lipinski definition) is 4. The molecule has 1 aliphatic rings. The summed E-state index contributed by atoms with van der Waals surface area (Å²) in [4.78, 5) is 24.7. The van der Waals surface area contributed by atoms with Gasteiger partial charge < -0.3 is 4.90 Å². The minimum absolute atomic E-state index is 0.0675. The molecule has 1 aromatic carbocycles. The molecular weight excluding hydrogens is 298 g/mol. The molecule has 5 nitrogen and oxygen atoms in total. The van der Waals surface area contributed by atoms with Crippen LogP contribution in [0.2, 0.25) is 0 Å². The lowest BCUT2D eigenvalue weighted by atomic mass is 10.1. The van der Waals surface area contributed by atoms with Gasteiger partial charge in [0.25, 0.3) is 0 Å². The molecule has 1 unspecified atom stereocenters. The maximum Gasteiger partial charge on any atom is 0.249 e. The van der Waals surface area contributed by atoms with Gasteiger partial charge in [0.15, 0.2) is 0 Å². The fraction of sp³-hybridized carbons (Fsp3) is 0.250. The Kier molecular flexibility index (Phi) is 3.34. The molecule has 2 amide bonds. The maximum absolute atomic E-state index is 11.6. The SMILES string of the molecule is CC1C(=O)NC(=O)CN1c1cccc(Br)c1C#N. The maximum atomic E-state index is 11.6. The number of benzene rings is 1. The van der Waals surface area contributed by atoms with Gasteiger partial charge in [0, 0.05) is 4.47 Å². The van der Waals surface area contributed by atoms with Gasteiger partial charge in [0.2, 0.25) is 11.8 Å². The van der Waals surface area contributed by atoms with E-state index in [-0.39, 0.29) is 18.4 Å². The Morgan fingerprint density at radius 1 is 1.50 bits per heavy atom. The normalized spacial score (nSPS) is 19.4. The number of carbonyl (C=O) groups is 2. The van der Waals surface area contributed by atoms with Crippen molar-refractivity contribution in [1.29, 1.82) is 5.26 Å². The van der Waals surface area contributed by atoms with E-state index in [1.165, 1.54) is 0 Å². The Labute approximate surface area is 113 Å². The van der Waals surface area contributed by atoms with Crippen LogP contribution in [0, 0.1) is 11.3 Å². The van der Waals surface area contributed by atoms with Crippen LogP contribution in [-0.4, -0.2) is 24.4 Å². The van der Waals surface area contributed by atoms with Crippen LogP contribution >= 0.6 is 15.9 Å². The van der Waals surface area contributed by atoms with E-state index in [1.54, 1.807) is 30.0 Å². The van der Waals surface area contributed by atoms with Gasteiger partial charge in [0.1, 0.15) is 12.1 Å². The number of carbonyl (C=O) groups excluding carboxylic acids is 2. The molecular formula is C12H10BrN3O2. The molecule has 92 valence electrons. The average Bonchev–Trinajstić information content (AvgIpc) is 2.33. The number of amides is 2. The molecule has 1 fully saturated rings. The van der Waals surface area contributed by atoms with Crippen LogP contribution < -0.4 is 10.2 Å². The number of nitrogens with one attached hydrogen (secondary N) is 1. The Morgan fingerprint density at radius 3 is 2.89 bits per heavy atom. The van der Waals surface area contributed by atoms with E-state index in [0.717, 1.165) is 0 Å². The van der Waals surface area contributed by atoms with Crippen molar-refractivity contribution in [1.82, 2.24) is 5.32 Å². The van der Waals surface area contributed by atoms with E-state index in [4.69, 9.17) is 5.26 Å². The van der Waals surface area contributed by atoms with Crippen molar-refractivity contribution < 1.29 is 9.59 Å². The highest BCUT2D eigenvalue weighted by Crippen LogP contribution is 2.29. The first-order valence-electron chi connectivity index (χ1n) is 5.33. The lowest BCUT2D eigenvalue weighted by molar-refractivity contribution is -0.132. The predicted octanol–water partition coefficient (Wildman–Crippen LogP) is 1.17. The smallest absolute Gasteiger partial charge is 0.249 e. The zero-order valence-corrected chi connectivity index (χ0v) is 11.2. The lowest BCUT2D eigenvalue weighted by Gasteiger charge is -2.34. The van der Waals surface area contributed by atoms with Crippen molar-refractivity contribution in [2.24, 2.45) is 0 Å². The molecule has 1 aliphatic heterocycles. The van der Waals surface area contributed by atoms with Crippen molar-refractivity contribution in [2.45, 2.75) is 13.0 Å². The fourth-order valence-corrected chi connectivity index (χ4v) is 2.32. The minimum Gasteiger partial charge on any atom is -0.349 e. The van der Waals surface area contributed by atoms with Gasteiger partial charge in [0.05, 0.1) is 17.8 Å². The van der Waals surface area contributed by atoms with Crippen LogP contribution in [0.4, 0.5) is 5.69 Å². The van der Waals surface area contributed by atoms with Gasteiger partial charge in [-0.2, -0.15) is 5.26 Å². The molecule has 1 heterocycles. The molecule has 1 N–H and O–H groups in total. The number of nitrogens with zero attached hydrogens (tertiary/aromatic N) is 2. The molecule has 1 atom stereocenters. The van der Waals surface area contributed by atoms with Gasteiger partial charge in [-0.05, 0) is 35.0 Å². The molecule has 0 saturated carbocycles. The standard InChI is InChI=1S/C12H10BrN3O2/c1-7-12(18)15-11(17)6-16(7)10-4-2-3-9(13)8(10)5-14/h2-4,7H,6H2,1H3,(H,15,17,18). The van der Waals surface area contributed by atoms with Gasteiger partial charge in [-0.3, -0.25) is 14.9 Å². The number of piperazine rings is 1. The van der Waals surface area contributed by atoms with Crippen molar-refractivity contribution in [3.8, 4) is 6.07 Å². The van der Waals surface area contributed by atoms with E-state index in [9.17, 15) is 9.59 Å². The summed E-state index contributed by atoms with van der Waals surface area (Å²) < 4.78 is 0.646. The quantitative estimate of drug-likeness (QED) is 0.791. The minimum atomic E-state index is -0.482. The van der Waals surface area contributed by atoms with Gasteiger partial charge in [-0.1, -0.05) is 6.07 Å². The second-order valence-corrected chi connectivity index (χ2v) is 4.82. The summed E-state index contributed by atoms with van der Waals surface area (Å²) in [6.07, 6.45) is 0. The summed E-state index contributed by atoms with van der Waals surface area (Å²) in [5.41, 5.74) is 1.01. The van der Waals surface area contributed by atoms with Crippen LogP contribution in [0.1, 0.15) is 12.5 Å². The van der Waals surface area contributed by atoms with Crippen molar-refractivity contribution >= 4 is 33.4 Å². The Morgan fingerprint density at radius 2 is 2.22 bits per heavy atom. The van der Waals surface area contributed by atoms with E-state index in [1.807, 2.05) is 0 Å². The summed E-state index contributed by atoms with van der Waals surface area (Å²) in [6, 6.07) is 6.84. The van der Waals surface area contributed by atoms with Gasteiger partial charge in [-0.15, -0.1) is 0 Å². The molecule has 0 aromatic heterocycles. The highest BCUT2D eigenvalue weighted by Gasteiger charge is 2.31. The molecule has 0 spiro atoms. The predicted molar refractivity (Wildman–Crippen MR) is 68.8 cm³/mol. The third-order valence-corrected chi connectivity index (χ3v) is 3.50. The monoisotopic (exact) mass is 307 g/mol. The Bertz CT molecular complexity index is 565. The number of imide groups is 1. The van der Waals surface area contributed by atoms with Crippen LogP contribution in [0.25, 0.3) is 0 Å². The highest BCUT2D eigenvalue weighted by atomic mass is 79.9. The first-order chi connectivity index (χ1) is 8.54. The molecule has 2 rings (SSSR count). The van der Waals surface area contributed by atoms with E-state index in [2.05, 4.69) is 27.3 Å². The van der Waals surface area contributed by atoms with Gasteiger partial charge in [-0.25, -0.2) is 0 Å². The van der Waals surface area contributed by atoms with E-state index in [0.29, 0.717) is 15.7 Å². The zero-order valence-electron chi connectivity index (χ0n) is 9.61. The second kappa shape index (κ2) is 4.78. The summed E-state index contributed by atoms with van der Waals surface area (Å²) in [6.45, 7) is 1.77. The lowest BCUT2D eigenvalue weighted by Crippen LogP contribution is -2.57. The Hall–Kier alpha value is -1.87. The number of halogens is 1. The average molecular weight is 308 g/mol. The molecule has 1 saturated heterocycles. The number of nitriles is 1. The van der Waals surface area contributed by atoms with Gasteiger partial charge >= 0.3 is 0 Å². The third-order valence-electron chi connectivity index (χ3n) is 2.84. The topological polar surface area (TPSA) is 73.2 Å². The molecule has 0 radical (unpaired) electrons. The van der Waals surface area contributed by atoms with Crippen LogP contribution in [0.5, 0.6) is 0 Å². The molecule has 1 aromatic rings. The zero-order chi connectivity index (χ0) is 13.3. The summed E-state index contributed by atoms with van der Waals surface area (Å²) >= 11 is 3.29. The number of anilines is 1. The molecule has 0 aliphatic carbocycles. The summed E-state index contributed by atoms with van der Waals surface area (Å²) in [5.74, 6) is -0.711. The first-order valence-corrected chi connectivity index (χ1v) is 6.13. The molecule has 6 heteroatoms. The number of rotatable bonds is 1.